The van der Waals surface area contributed by atoms with E-state index in [4.69, 9.17) is 5.73 Å². The molecule has 10 heavy (non-hydrogen) atoms. The molecule has 1 aliphatic carbocycles. The monoisotopic (exact) mass is 142 g/mol. The summed E-state index contributed by atoms with van der Waals surface area (Å²) >= 11 is 0. The van der Waals surface area contributed by atoms with Crippen LogP contribution in [0.15, 0.2) is 4.99 Å². The van der Waals surface area contributed by atoms with Crippen molar-refractivity contribution in [3.63, 3.8) is 0 Å². The largest absolute Gasteiger partial charge is 0.391 e. The van der Waals surface area contributed by atoms with E-state index in [0.717, 1.165) is 19.3 Å². The molecule has 58 valence electrons. The lowest BCUT2D eigenvalue weighted by Crippen LogP contribution is -2.28. The van der Waals surface area contributed by atoms with E-state index in [9.17, 15) is 5.11 Å². The molecule has 1 rings (SSSR count). The number of aliphatic hydroxyl groups is 1. The number of hydrogen-bond donors (Lipinski definition) is 2. The molecule has 1 saturated carbocycles. The molecule has 1 fully saturated rings. The average molecular weight is 142 g/mol. The van der Waals surface area contributed by atoms with Gasteiger partial charge in [0, 0.05) is 0 Å². The summed E-state index contributed by atoms with van der Waals surface area (Å²) in [5, 5.41) is 9.33. The van der Waals surface area contributed by atoms with E-state index in [2.05, 4.69) is 4.99 Å². The molecule has 1 aliphatic rings. The van der Waals surface area contributed by atoms with Crippen molar-refractivity contribution < 1.29 is 5.11 Å². The van der Waals surface area contributed by atoms with Crippen molar-refractivity contribution in [2.75, 3.05) is 0 Å². The van der Waals surface area contributed by atoms with Crippen LogP contribution in [0.2, 0.25) is 0 Å². The Bertz CT molecular complexity index is 125. The van der Waals surface area contributed by atoms with E-state index < -0.39 is 0 Å². The smallest absolute Gasteiger partial charge is 0.0802 e. The van der Waals surface area contributed by atoms with Gasteiger partial charge in [-0.05, 0) is 12.8 Å². The third-order valence-corrected chi connectivity index (χ3v) is 1.97. The molecule has 0 aromatic rings. The zero-order chi connectivity index (χ0) is 7.40. The molecule has 0 aliphatic heterocycles. The van der Waals surface area contributed by atoms with Crippen LogP contribution in [-0.4, -0.2) is 23.6 Å². The predicted octanol–water partition coefficient (Wildman–Crippen LogP) is 0.277. The molecular formula is C7H14N2O. The summed E-state index contributed by atoms with van der Waals surface area (Å²) in [6.45, 7) is 0. The molecule has 0 bridgehead atoms. The summed E-state index contributed by atoms with van der Waals surface area (Å²) in [5.41, 5.74) is 5.12. The second-order valence-electron chi connectivity index (χ2n) is 2.72. The second-order valence-corrected chi connectivity index (χ2v) is 2.72. The van der Waals surface area contributed by atoms with Crippen LogP contribution in [0.1, 0.15) is 25.7 Å². The first kappa shape index (κ1) is 7.54. The lowest BCUT2D eigenvalue weighted by atomic mass is 9.93. The van der Waals surface area contributed by atoms with Gasteiger partial charge in [-0.15, -0.1) is 0 Å². The molecule has 0 spiro atoms. The van der Waals surface area contributed by atoms with Gasteiger partial charge in [0.05, 0.1) is 18.5 Å². The molecule has 0 aromatic heterocycles. The maximum absolute atomic E-state index is 9.33. The second kappa shape index (κ2) is 3.56. The standard InChI is InChI=1S/C7H14N2O/c8-5-9-6-3-1-2-4-7(6)10/h5-7,10H,1-4H2,(H2,8,9)/t6-,7-/m0/s1. The molecule has 0 aromatic carbocycles. The number of rotatable bonds is 1. The fourth-order valence-electron chi connectivity index (χ4n) is 1.38. The van der Waals surface area contributed by atoms with Gasteiger partial charge in [-0.2, -0.15) is 0 Å². The summed E-state index contributed by atoms with van der Waals surface area (Å²) < 4.78 is 0. The van der Waals surface area contributed by atoms with Crippen LogP contribution in [-0.2, 0) is 0 Å². The van der Waals surface area contributed by atoms with Gasteiger partial charge in [-0.1, -0.05) is 12.8 Å². The van der Waals surface area contributed by atoms with E-state index in [1.165, 1.54) is 12.8 Å². The van der Waals surface area contributed by atoms with Crippen molar-refractivity contribution >= 4 is 6.34 Å². The van der Waals surface area contributed by atoms with Crippen molar-refractivity contribution in [2.24, 2.45) is 10.7 Å². The van der Waals surface area contributed by atoms with Crippen LogP contribution < -0.4 is 5.73 Å². The van der Waals surface area contributed by atoms with Crippen LogP contribution in [0.25, 0.3) is 0 Å². The fraction of sp³-hybridized carbons (Fsp3) is 0.857. The Labute approximate surface area is 61.0 Å². The minimum Gasteiger partial charge on any atom is -0.391 e. The Morgan fingerprint density at radius 3 is 2.70 bits per heavy atom. The Kier molecular flexibility index (Phi) is 2.68. The van der Waals surface area contributed by atoms with Gasteiger partial charge in [-0.25, -0.2) is 0 Å². The van der Waals surface area contributed by atoms with Crippen molar-refractivity contribution in [2.45, 2.75) is 37.8 Å². The van der Waals surface area contributed by atoms with Crippen LogP contribution in [0, 0.1) is 0 Å². The first-order valence-electron chi connectivity index (χ1n) is 3.76. The molecule has 3 heteroatoms. The Balaban J connectivity index is 2.39. The highest BCUT2D eigenvalue weighted by atomic mass is 16.3. The summed E-state index contributed by atoms with van der Waals surface area (Å²) in [6.07, 6.45) is 5.18. The summed E-state index contributed by atoms with van der Waals surface area (Å²) in [5.74, 6) is 0. The SMILES string of the molecule is NC=N[C@H]1CCCC[C@@H]1O. The van der Waals surface area contributed by atoms with E-state index in [-0.39, 0.29) is 12.1 Å². The van der Waals surface area contributed by atoms with Crippen molar-refractivity contribution in [3.8, 4) is 0 Å². The minimum atomic E-state index is -0.256. The van der Waals surface area contributed by atoms with Gasteiger partial charge in [0.2, 0.25) is 0 Å². The fourth-order valence-corrected chi connectivity index (χ4v) is 1.38. The van der Waals surface area contributed by atoms with Crippen molar-refractivity contribution in [3.05, 3.63) is 0 Å². The van der Waals surface area contributed by atoms with Gasteiger partial charge in [0.25, 0.3) is 0 Å². The first-order chi connectivity index (χ1) is 4.84. The third kappa shape index (κ3) is 1.70. The Morgan fingerprint density at radius 2 is 2.10 bits per heavy atom. The molecular weight excluding hydrogens is 128 g/mol. The van der Waals surface area contributed by atoms with Gasteiger partial charge in [0.15, 0.2) is 0 Å². The van der Waals surface area contributed by atoms with Gasteiger partial charge in [-0.3, -0.25) is 4.99 Å². The highest BCUT2D eigenvalue weighted by Crippen LogP contribution is 2.20. The Morgan fingerprint density at radius 1 is 1.40 bits per heavy atom. The van der Waals surface area contributed by atoms with Gasteiger partial charge in [0.1, 0.15) is 0 Å². The van der Waals surface area contributed by atoms with Gasteiger partial charge >= 0.3 is 0 Å². The molecule has 2 atom stereocenters. The van der Waals surface area contributed by atoms with Crippen LogP contribution >= 0.6 is 0 Å². The number of hydrogen-bond acceptors (Lipinski definition) is 2. The van der Waals surface area contributed by atoms with E-state index in [1.807, 2.05) is 0 Å². The summed E-state index contributed by atoms with van der Waals surface area (Å²) in [6, 6.07) is 0.0683. The van der Waals surface area contributed by atoms with Crippen LogP contribution in [0.4, 0.5) is 0 Å². The molecule has 0 radical (unpaired) electrons. The zero-order valence-electron chi connectivity index (χ0n) is 6.03. The molecule has 3 nitrogen and oxygen atoms in total. The minimum absolute atomic E-state index is 0.0683. The average Bonchev–Trinajstić information content (AvgIpc) is 1.94. The Hall–Kier alpha value is -0.570. The molecule has 3 N–H and O–H groups in total. The lowest BCUT2D eigenvalue weighted by Gasteiger charge is -2.23. The molecule has 0 amide bonds. The molecule has 0 saturated heterocycles. The third-order valence-electron chi connectivity index (χ3n) is 1.97. The van der Waals surface area contributed by atoms with E-state index in [1.54, 1.807) is 0 Å². The highest BCUT2D eigenvalue weighted by Gasteiger charge is 2.20. The maximum Gasteiger partial charge on any atom is 0.0802 e. The molecule has 0 heterocycles. The maximum atomic E-state index is 9.33. The number of nitrogens with zero attached hydrogens (tertiary/aromatic N) is 1. The lowest BCUT2D eigenvalue weighted by molar-refractivity contribution is 0.109. The van der Waals surface area contributed by atoms with Crippen LogP contribution in [0.3, 0.4) is 0 Å². The van der Waals surface area contributed by atoms with Crippen molar-refractivity contribution in [1.82, 2.24) is 0 Å². The number of nitrogens with two attached hydrogens (primary N) is 1. The van der Waals surface area contributed by atoms with E-state index in [0.29, 0.717) is 0 Å². The summed E-state index contributed by atoms with van der Waals surface area (Å²) in [7, 11) is 0. The normalized spacial score (nSPS) is 34.9. The quantitative estimate of drug-likeness (QED) is 0.408. The number of aliphatic hydroxyl groups excluding tert-OH is 1. The summed E-state index contributed by atoms with van der Waals surface area (Å²) in [4.78, 5) is 3.97. The number of aliphatic imine (C=N–C) groups is 1. The van der Waals surface area contributed by atoms with Crippen molar-refractivity contribution in [1.29, 1.82) is 0 Å². The van der Waals surface area contributed by atoms with E-state index >= 15 is 0 Å². The molecule has 0 unspecified atom stereocenters. The van der Waals surface area contributed by atoms with Gasteiger partial charge < -0.3 is 10.8 Å². The first-order valence-corrected chi connectivity index (χ1v) is 3.76. The highest BCUT2D eigenvalue weighted by molar-refractivity contribution is 5.51. The zero-order valence-corrected chi connectivity index (χ0v) is 6.03. The topological polar surface area (TPSA) is 58.6 Å². The predicted molar refractivity (Wildman–Crippen MR) is 40.9 cm³/mol. The van der Waals surface area contributed by atoms with Crippen LogP contribution in [0.5, 0.6) is 0 Å².